The summed E-state index contributed by atoms with van der Waals surface area (Å²) in [7, 11) is 0. The summed E-state index contributed by atoms with van der Waals surface area (Å²) in [6.45, 7) is 6.10. The third-order valence-electron chi connectivity index (χ3n) is 6.47. The van der Waals surface area contributed by atoms with Gasteiger partial charge in [-0.1, -0.05) is 18.2 Å². The SMILES string of the molecule is CC1(C)C[C@]2(CCO1)Oc1ccccc1[C@@H]1CC(c3ccc4c(c3)OCCO4)=NN12. The van der Waals surface area contributed by atoms with Gasteiger partial charge in [0.25, 0.3) is 0 Å². The lowest BCUT2D eigenvalue weighted by molar-refractivity contribution is -0.212. The van der Waals surface area contributed by atoms with Crippen molar-refractivity contribution in [2.75, 3.05) is 19.8 Å². The van der Waals surface area contributed by atoms with E-state index in [9.17, 15) is 0 Å². The fourth-order valence-corrected chi connectivity index (χ4v) is 5.20. The molecule has 1 spiro atoms. The molecule has 6 heteroatoms. The Kier molecular flexibility index (Phi) is 3.84. The van der Waals surface area contributed by atoms with Crippen molar-refractivity contribution in [3.05, 3.63) is 53.6 Å². The topological polar surface area (TPSA) is 52.5 Å². The molecule has 2 atom stereocenters. The van der Waals surface area contributed by atoms with E-state index in [1.54, 1.807) is 0 Å². The maximum atomic E-state index is 6.68. The van der Waals surface area contributed by atoms with E-state index in [1.165, 1.54) is 5.56 Å². The van der Waals surface area contributed by atoms with Crippen LogP contribution in [0.4, 0.5) is 0 Å². The van der Waals surface area contributed by atoms with E-state index in [2.05, 4.69) is 49.2 Å². The van der Waals surface area contributed by atoms with Crippen molar-refractivity contribution in [3.8, 4) is 17.2 Å². The summed E-state index contributed by atoms with van der Waals surface area (Å²) in [5.41, 5.74) is 2.58. The third-order valence-corrected chi connectivity index (χ3v) is 6.47. The lowest BCUT2D eigenvalue weighted by atomic mass is 9.86. The number of hydrogen-bond acceptors (Lipinski definition) is 6. The fourth-order valence-electron chi connectivity index (χ4n) is 5.20. The number of fused-ring (bicyclic) bond motifs is 5. The van der Waals surface area contributed by atoms with Crippen LogP contribution in [0.25, 0.3) is 0 Å². The van der Waals surface area contributed by atoms with E-state index < -0.39 is 5.72 Å². The van der Waals surface area contributed by atoms with Crippen LogP contribution in [0.3, 0.4) is 0 Å². The highest BCUT2D eigenvalue weighted by Crippen LogP contribution is 2.52. The van der Waals surface area contributed by atoms with Crippen LogP contribution in [0.15, 0.2) is 47.6 Å². The highest BCUT2D eigenvalue weighted by molar-refractivity contribution is 6.02. The van der Waals surface area contributed by atoms with Crippen LogP contribution >= 0.6 is 0 Å². The zero-order chi connectivity index (χ0) is 20.3. The van der Waals surface area contributed by atoms with E-state index in [-0.39, 0.29) is 11.6 Å². The van der Waals surface area contributed by atoms with E-state index in [4.69, 9.17) is 24.0 Å². The first kappa shape index (κ1) is 18.1. The largest absolute Gasteiger partial charge is 0.486 e. The molecular formula is C24H26N2O4. The Morgan fingerprint density at radius 2 is 1.80 bits per heavy atom. The van der Waals surface area contributed by atoms with Crippen molar-refractivity contribution in [3.63, 3.8) is 0 Å². The van der Waals surface area contributed by atoms with Crippen LogP contribution in [0.2, 0.25) is 0 Å². The van der Waals surface area contributed by atoms with Gasteiger partial charge in [0.2, 0.25) is 5.72 Å². The van der Waals surface area contributed by atoms with Gasteiger partial charge in [-0.05, 0) is 38.1 Å². The molecule has 0 aromatic heterocycles. The summed E-state index contributed by atoms with van der Waals surface area (Å²) in [4.78, 5) is 0. The third kappa shape index (κ3) is 2.77. The molecule has 6 rings (SSSR count). The summed E-state index contributed by atoms with van der Waals surface area (Å²) >= 11 is 0. The normalized spacial score (nSPS) is 28.4. The average molecular weight is 406 g/mol. The molecule has 0 aliphatic carbocycles. The molecule has 4 heterocycles. The average Bonchev–Trinajstić information content (AvgIpc) is 3.20. The number of benzene rings is 2. The van der Waals surface area contributed by atoms with Gasteiger partial charge in [0.05, 0.1) is 24.0 Å². The fraction of sp³-hybridized carbons (Fsp3) is 0.458. The highest BCUT2D eigenvalue weighted by Gasteiger charge is 2.54. The molecule has 30 heavy (non-hydrogen) atoms. The number of rotatable bonds is 1. The molecule has 1 fully saturated rings. The van der Waals surface area contributed by atoms with Crippen LogP contribution in [-0.2, 0) is 4.74 Å². The van der Waals surface area contributed by atoms with Gasteiger partial charge in [-0.2, -0.15) is 5.10 Å². The zero-order valence-electron chi connectivity index (χ0n) is 17.4. The van der Waals surface area contributed by atoms with Crippen LogP contribution in [-0.4, -0.2) is 41.9 Å². The summed E-state index contributed by atoms with van der Waals surface area (Å²) in [5.74, 6) is 2.57. The molecule has 6 nitrogen and oxygen atoms in total. The van der Waals surface area contributed by atoms with Crippen LogP contribution in [0.5, 0.6) is 17.2 Å². The summed E-state index contributed by atoms with van der Waals surface area (Å²) in [6.07, 6.45) is 2.39. The van der Waals surface area contributed by atoms with Gasteiger partial charge in [-0.15, -0.1) is 0 Å². The summed E-state index contributed by atoms with van der Waals surface area (Å²) in [5, 5.41) is 7.36. The van der Waals surface area contributed by atoms with Crippen LogP contribution in [0.1, 0.15) is 50.3 Å². The second-order valence-electron chi connectivity index (χ2n) is 9.09. The number of hydrazone groups is 1. The van der Waals surface area contributed by atoms with Gasteiger partial charge >= 0.3 is 0 Å². The van der Waals surface area contributed by atoms with Crippen molar-refractivity contribution in [2.24, 2.45) is 5.10 Å². The van der Waals surface area contributed by atoms with Gasteiger partial charge in [-0.25, -0.2) is 5.01 Å². The summed E-state index contributed by atoms with van der Waals surface area (Å²) in [6, 6.07) is 14.6. The Bertz CT molecular complexity index is 1030. The molecule has 0 radical (unpaired) electrons. The predicted octanol–water partition coefficient (Wildman–Crippen LogP) is 4.29. The molecular weight excluding hydrogens is 380 g/mol. The van der Waals surface area contributed by atoms with E-state index in [0.717, 1.165) is 47.8 Å². The Balaban J connectivity index is 1.43. The molecule has 0 saturated carbocycles. The number of ether oxygens (including phenoxy) is 4. The smallest absolute Gasteiger partial charge is 0.203 e. The van der Waals surface area contributed by atoms with Crippen molar-refractivity contribution < 1.29 is 18.9 Å². The molecule has 0 bridgehead atoms. The number of hydrogen-bond donors (Lipinski definition) is 0. The van der Waals surface area contributed by atoms with Crippen molar-refractivity contribution in [1.82, 2.24) is 5.01 Å². The second-order valence-corrected chi connectivity index (χ2v) is 9.09. The molecule has 2 aromatic rings. The maximum absolute atomic E-state index is 6.68. The molecule has 0 unspecified atom stereocenters. The van der Waals surface area contributed by atoms with Gasteiger partial charge in [0.15, 0.2) is 11.5 Å². The van der Waals surface area contributed by atoms with Crippen molar-refractivity contribution >= 4 is 5.71 Å². The molecule has 1 saturated heterocycles. The van der Waals surface area contributed by atoms with Crippen molar-refractivity contribution in [2.45, 2.75) is 50.5 Å². The van der Waals surface area contributed by atoms with Gasteiger partial charge in [0, 0.05) is 30.4 Å². The monoisotopic (exact) mass is 406 g/mol. The van der Waals surface area contributed by atoms with Crippen LogP contribution < -0.4 is 14.2 Å². The summed E-state index contributed by atoms with van der Waals surface area (Å²) < 4.78 is 24.2. The minimum atomic E-state index is -0.490. The molecule has 4 aliphatic rings. The van der Waals surface area contributed by atoms with Crippen LogP contribution in [0, 0.1) is 0 Å². The lowest BCUT2D eigenvalue weighted by Crippen LogP contribution is -2.60. The minimum Gasteiger partial charge on any atom is -0.486 e. The zero-order valence-corrected chi connectivity index (χ0v) is 17.4. The Labute approximate surface area is 176 Å². The Morgan fingerprint density at radius 1 is 0.967 bits per heavy atom. The maximum Gasteiger partial charge on any atom is 0.203 e. The van der Waals surface area contributed by atoms with E-state index >= 15 is 0 Å². The second kappa shape index (κ2) is 6.38. The number of para-hydroxylation sites is 1. The standard InChI is InChI=1S/C24H26N2O4/c1-23(2)15-24(9-10-29-23)26-19(17-5-3-4-6-20(17)30-24)14-18(25-26)16-7-8-21-22(13-16)28-12-11-27-21/h3-8,13,19H,9-12,14-15H2,1-2H3/t19-,24-/m0/s1. The predicted molar refractivity (Wildman–Crippen MR) is 112 cm³/mol. The van der Waals surface area contributed by atoms with E-state index in [1.807, 2.05) is 12.1 Å². The number of nitrogens with zero attached hydrogens (tertiary/aromatic N) is 2. The van der Waals surface area contributed by atoms with Gasteiger partial charge in [0.1, 0.15) is 19.0 Å². The van der Waals surface area contributed by atoms with Crippen molar-refractivity contribution in [1.29, 1.82) is 0 Å². The first-order valence-electron chi connectivity index (χ1n) is 10.7. The first-order chi connectivity index (χ1) is 14.5. The molecule has 0 N–H and O–H groups in total. The molecule has 2 aromatic carbocycles. The van der Waals surface area contributed by atoms with E-state index in [0.29, 0.717) is 19.8 Å². The quantitative estimate of drug-likeness (QED) is 0.707. The Hall–Kier alpha value is -2.73. The van der Waals surface area contributed by atoms with Gasteiger partial charge < -0.3 is 18.9 Å². The highest BCUT2D eigenvalue weighted by atomic mass is 16.6. The lowest BCUT2D eigenvalue weighted by Gasteiger charge is -2.52. The molecule has 0 amide bonds. The minimum absolute atomic E-state index is 0.159. The molecule has 156 valence electrons. The molecule has 4 aliphatic heterocycles. The Morgan fingerprint density at radius 3 is 2.67 bits per heavy atom. The first-order valence-corrected chi connectivity index (χ1v) is 10.7. The van der Waals surface area contributed by atoms with Gasteiger partial charge in [-0.3, -0.25) is 0 Å².